The summed E-state index contributed by atoms with van der Waals surface area (Å²) in [6, 6.07) is 6.33. The molecular weight excluding hydrogens is 361 g/mol. The van der Waals surface area contributed by atoms with Gasteiger partial charge in [0.05, 0.1) is 5.92 Å². The molecule has 1 aromatic heterocycles. The predicted octanol–water partition coefficient (Wildman–Crippen LogP) is 2.23. The fourth-order valence-corrected chi connectivity index (χ4v) is 3.87. The number of carbonyl (C=O) groups excluding carboxylic acids is 1. The predicted molar refractivity (Wildman–Crippen MR) is 101 cm³/mol. The molecule has 2 fully saturated rings. The molecule has 2 aliphatic rings. The fourth-order valence-electron chi connectivity index (χ4n) is 3.87. The molecule has 4 rings (SSSR count). The van der Waals surface area contributed by atoms with Crippen LogP contribution in [0.1, 0.15) is 31.4 Å². The Labute approximate surface area is 163 Å². The third-order valence-corrected chi connectivity index (χ3v) is 5.43. The molecule has 0 radical (unpaired) electrons. The highest BCUT2D eigenvalue weighted by Crippen LogP contribution is 2.33. The van der Waals surface area contributed by atoms with Gasteiger partial charge in [0.25, 0.3) is 0 Å². The molecule has 0 aliphatic carbocycles. The number of carbonyl (C=O) groups is 1. The van der Waals surface area contributed by atoms with Crippen molar-refractivity contribution in [3.05, 3.63) is 48.2 Å². The van der Waals surface area contributed by atoms with E-state index in [2.05, 4.69) is 20.8 Å². The molecule has 0 bridgehead atoms. The molecule has 148 valence electrons. The Morgan fingerprint density at radius 1 is 1.29 bits per heavy atom. The van der Waals surface area contributed by atoms with Crippen molar-refractivity contribution < 1.29 is 13.9 Å². The molecular formula is C20H24FN5O2. The molecule has 28 heavy (non-hydrogen) atoms. The first-order valence-electron chi connectivity index (χ1n) is 9.64. The average Bonchev–Trinajstić information content (AvgIpc) is 3.15. The summed E-state index contributed by atoms with van der Waals surface area (Å²) in [5, 5.41) is 0. The Kier molecular flexibility index (Phi) is 5.50. The Balaban J connectivity index is 1.52. The van der Waals surface area contributed by atoms with Gasteiger partial charge in [-0.25, -0.2) is 9.37 Å². The van der Waals surface area contributed by atoms with Crippen LogP contribution in [0.5, 0.6) is 11.6 Å². The molecule has 2 aliphatic heterocycles. The van der Waals surface area contributed by atoms with E-state index < -0.39 is 5.82 Å². The van der Waals surface area contributed by atoms with Crippen molar-refractivity contribution in [3.63, 3.8) is 0 Å². The largest absolute Gasteiger partial charge is 0.434 e. The maximum atomic E-state index is 14.0. The van der Waals surface area contributed by atoms with Gasteiger partial charge < -0.3 is 9.64 Å². The topological polar surface area (TPSA) is 79.4 Å². The maximum absolute atomic E-state index is 14.0. The molecule has 7 nitrogen and oxygen atoms in total. The second-order valence-electron chi connectivity index (χ2n) is 7.32. The number of ether oxygens (including phenoxy) is 1. The third-order valence-electron chi connectivity index (χ3n) is 5.43. The summed E-state index contributed by atoms with van der Waals surface area (Å²) in [5.74, 6) is 0.0415. The van der Waals surface area contributed by atoms with Crippen LogP contribution in [-0.2, 0) is 4.79 Å². The second kappa shape index (κ2) is 8.20. The molecule has 3 atom stereocenters. The first-order chi connectivity index (χ1) is 13.6. The zero-order valence-corrected chi connectivity index (χ0v) is 15.8. The number of nitrogens with zero attached hydrogens (tertiary/aromatic N) is 3. The monoisotopic (exact) mass is 385 g/mol. The highest BCUT2D eigenvalue weighted by Gasteiger charge is 2.36. The molecule has 3 unspecified atom stereocenters. The van der Waals surface area contributed by atoms with E-state index in [1.165, 1.54) is 12.3 Å². The SMILES string of the molecule is CC1NNCC1C(=O)N1CCCC(c2nccnc2Oc2ccccc2F)C1. The standard InChI is InChI=1S/C20H24FN5O2/c1-13-15(11-24-25-13)20(27)26-10-4-5-14(12-26)18-19(23-9-8-22-18)28-17-7-3-2-6-16(17)21/h2-3,6-9,13-15,24-25H,4-5,10-12H2,1H3. The summed E-state index contributed by atoms with van der Waals surface area (Å²) in [6.07, 6.45) is 4.90. The van der Waals surface area contributed by atoms with Crippen molar-refractivity contribution in [1.29, 1.82) is 0 Å². The average molecular weight is 385 g/mol. The third kappa shape index (κ3) is 3.83. The maximum Gasteiger partial charge on any atom is 0.241 e. The molecule has 2 N–H and O–H groups in total. The summed E-state index contributed by atoms with van der Waals surface area (Å²) < 4.78 is 19.7. The first kappa shape index (κ1) is 18.8. The van der Waals surface area contributed by atoms with Crippen LogP contribution in [0.4, 0.5) is 4.39 Å². The lowest BCUT2D eigenvalue weighted by molar-refractivity contribution is -0.136. The van der Waals surface area contributed by atoms with Crippen molar-refractivity contribution in [2.75, 3.05) is 19.6 Å². The second-order valence-corrected chi connectivity index (χ2v) is 7.32. The zero-order valence-electron chi connectivity index (χ0n) is 15.8. The van der Waals surface area contributed by atoms with Gasteiger partial charge >= 0.3 is 0 Å². The molecule has 3 heterocycles. The van der Waals surface area contributed by atoms with Crippen molar-refractivity contribution in [3.8, 4) is 11.6 Å². The fraction of sp³-hybridized carbons (Fsp3) is 0.450. The number of hydrogen-bond donors (Lipinski definition) is 2. The number of nitrogens with one attached hydrogen (secondary N) is 2. The minimum atomic E-state index is -0.449. The van der Waals surface area contributed by atoms with E-state index in [1.54, 1.807) is 24.4 Å². The van der Waals surface area contributed by atoms with Gasteiger partial charge in [-0.05, 0) is 31.9 Å². The lowest BCUT2D eigenvalue weighted by Crippen LogP contribution is -2.45. The van der Waals surface area contributed by atoms with Gasteiger partial charge in [0.2, 0.25) is 11.8 Å². The van der Waals surface area contributed by atoms with E-state index in [0.717, 1.165) is 19.4 Å². The lowest BCUT2D eigenvalue weighted by Gasteiger charge is -2.34. The molecule has 1 amide bonds. The van der Waals surface area contributed by atoms with Crippen molar-refractivity contribution in [1.82, 2.24) is 25.7 Å². The Morgan fingerprint density at radius 2 is 2.11 bits per heavy atom. The Bertz CT molecular complexity index is 849. The van der Waals surface area contributed by atoms with Gasteiger partial charge in [0, 0.05) is 44.0 Å². The van der Waals surface area contributed by atoms with Crippen LogP contribution in [0.3, 0.4) is 0 Å². The molecule has 2 aromatic rings. The molecule has 2 saturated heterocycles. The van der Waals surface area contributed by atoms with Crippen LogP contribution in [0.15, 0.2) is 36.7 Å². The number of hydrazine groups is 1. The van der Waals surface area contributed by atoms with Gasteiger partial charge in [-0.3, -0.25) is 20.6 Å². The number of para-hydroxylation sites is 1. The molecule has 0 spiro atoms. The van der Waals surface area contributed by atoms with Gasteiger partial charge in [-0.15, -0.1) is 0 Å². The summed E-state index contributed by atoms with van der Waals surface area (Å²) in [6.45, 7) is 3.94. The van der Waals surface area contributed by atoms with Crippen molar-refractivity contribution in [2.45, 2.75) is 31.7 Å². The first-order valence-corrected chi connectivity index (χ1v) is 9.64. The number of piperidine rings is 1. The summed E-state index contributed by atoms with van der Waals surface area (Å²) in [4.78, 5) is 23.6. The Hall–Kier alpha value is -2.58. The smallest absolute Gasteiger partial charge is 0.241 e. The normalized spacial score (nSPS) is 24.9. The van der Waals surface area contributed by atoms with E-state index in [0.29, 0.717) is 24.7 Å². The van der Waals surface area contributed by atoms with Gasteiger partial charge in [0.15, 0.2) is 11.6 Å². The van der Waals surface area contributed by atoms with Crippen LogP contribution in [0.2, 0.25) is 0 Å². The van der Waals surface area contributed by atoms with Gasteiger partial charge in [-0.1, -0.05) is 12.1 Å². The number of halogens is 1. The number of likely N-dealkylation sites (tertiary alicyclic amines) is 1. The van der Waals surface area contributed by atoms with Crippen LogP contribution < -0.4 is 15.6 Å². The minimum Gasteiger partial charge on any atom is -0.434 e. The summed E-state index contributed by atoms with van der Waals surface area (Å²) in [5.41, 5.74) is 6.82. The highest BCUT2D eigenvalue weighted by atomic mass is 19.1. The number of aromatic nitrogens is 2. The van der Waals surface area contributed by atoms with Gasteiger partial charge in [-0.2, -0.15) is 0 Å². The minimum absolute atomic E-state index is 0.00537. The molecule has 8 heteroatoms. The number of benzene rings is 1. The van der Waals surface area contributed by atoms with E-state index in [1.807, 2.05) is 11.8 Å². The highest BCUT2D eigenvalue weighted by molar-refractivity contribution is 5.80. The molecule has 0 saturated carbocycles. The number of rotatable bonds is 4. The van der Waals surface area contributed by atoms with E-state index in [-0.39, 0.29) is 29.5 Å². The van der Waals surface area contributed by atoms with E-state index in [9.17, 15) is 9.18 Å². The number of amides is 1. The summed E-state index contributed by atoms with van der Waals surface area (Å²) in [7, 11) is 0. The van der Waals surface area contributed by atoms with Crippen molar-refractivity contribution >= 4 is 5.91 Å². The number of hydrogen-bond acceptors (Lipinski definition) is 6. The van der Waals surface area contributed by atoms with Crippen LogP contribution in [-0.4, -0.2) is 46.5 Å². The Morgan fingerprint density at radius 3 is 2.89 bits per heavy atom. The van der Waals surface area contributed by atoms with Gasteiger partial charge in [0.1, 0.15) is 5.69 Å². The zero-order chi connectivity index (χ0) is 19.5. The van der Waals surface area contributed by atoms with Crippen LogP contribution in [0, 0.1) is 11.7 Å². The van der Waals surface area contributed by atoms with Crippen molar-refractivity contribution in [2.24, 2.45) is 5.92 Å². The van der Waals surface area contributed by atoms with Crippen LogP contribution >= 0.6 is 0 Å². The van der Waals surface area contributed by atoms with Crippen LogP contribution in [0.25, 0.3) is 0 Å². The molecule has 1 aromatic carbocycles. The summed E-state index contributed by atoms with van der Waals surface area (Å²) >= 11 is 0. The quantitative estimate of drug-likeness (QED) is 0.840. The van der Waals surface area contributed by atoms with E-state index in [4.69, 9.17) is 4.74 Å². The van der Waals surface area contributed by atoms with E-state index >= 15 is 0 Å². The lowest BCUT2D eigenvalue weighted by atomic mass is 9.92.